The number of aromatic nitrogens is 3. The van der Waals surface area contributed by atoms with Gasteiger partial charge in [0.2, 0.25) is 0 Å². The first-order chi connectivity index (χ1) is 9.76. The van der Waals surface area contributed by atoms with Crippen LogP contribution in [-0.2, 0) is 6.42 Å². The summed E-state index contributed by atoms with van der Waals surface area (Å²) in [5, 5.41) is 14.5. The molecule has 0 aliphatic carbocycles. The van der Waals surface area contributed by atoms with Gasteiger partial charge in [-0.3, -0.25) is 9.89 Å². The van der Waals surface area contributed by atoms with Gasteiger partial charge in [-0.25, -0.2) is 4.98 Å². The molecule has 0 aliphatic heterocycles. The molecule has 0 aromatic carbocycles. The zero-order chi connectivity index (χ0) is 13.9. The lowest BCUT2D eigenvalue weighted by Gasteiger charge is -1.96. The number of anilines is 1. The minimum Gasteiger partial charge on any atom is -0.304 e. The molecule has 0 fully saturated rings. The molecule has 2 N–H and O–H groups in total. The van der Waals surface area contributed by atoms with E-state index in [-0.39, 0.29) is 5.91 Å². The summed E-state index contributed by atoms with van der Waals surface area (Å²) in [7, 11) is 0. The zero-order valence-electron chi connectivity index (χ0n) is 10.7. The van der Waals surface area contributed by atoms with Gasteiger partial charge in [0.1, 0.15) is 9.88 Å². The van der Waals surface area contributed by atoms with Crippen molar-refractivity contribution < 1.29 is 4.79 Å². The number of nitrogens with zero attached hydrogens (tertiary/aromatic N) is 2. The summed E-state index contributed by atoms with van der Waals surface area (Å²) in [6, 6.07) is 3.82. The molecule has 0 aliphatic rings. The van der Waals surface area contributed by atoms with Gasteiger partial charge in [-0.1, -0.05) is 6.92 Å². The first-order valence-corrected chi connectivity index (χ1v) is 7.86. The molecule has 1 amide bonds. The van der Waals surface area contributed by atoms with E-state index in [1.54, 1.807) is 17.5 Å². The van der Waals surface area contributed by atoms with Gasteiger partial charge in [0.15, 0.2) is 5.82 Å². The topological polar surface area (TPSA) is 70.7 Å². The van der Waals surface area contributed by atoms with E-state index in [0.717, 1.165) is 22.7 Å². The Morgan fingerprint density at radius 3 is 3.10 bits per heavy atom. The van der Waals surface area contributed by atoms with Crippen LogP contribution in [0.15, 0.2) is 29.1 Å². The summed E-state index contributed by atoms with van der Waals surface area (Å²) >= 11 is 2.99. The van der Waals surface area contributed by atoms with E-state index in [2.05, 4.69) is 20.5 Å². The summed E-state index contributed by atoms with van der Waals surface area (Å²) in [5.74, 6) is 0.357. The molecule has 3 aromatic rings. The summed E-state index contributed by atoms with van der Waals surface area (Å²) in [6.07, 6.45) is 2.45. The van der Waals surface area contributed by atoms with Crippen molar-refractivity contribution in [3.8, 4) is 10.6 Å². The van der Waals surface area contributed by atoms with Crippen LogP contribution in [0.3, 0.4) is 0 Å². The molecular weight excluding hydrogens is 292 g/mol. The Hall–Kier alpha value is -1.99. The predicted octanol–water partition coefficient (Wildman–Crippen LogP) is 3.41. The molecule has 3 aromatic heterocycles. The van der Waals surface area contributed by atoms with E-state index in [1.165, 1.54) is 11.3 Å². The lowest BCUT2D eigenvalue weighted by atomic mass is 10.3. The molecule has 0 saturated carbocycles. The van der Waals surface area contributed by atoms with Crippen LogP contribution in [0, 0.1) is 0 Å². The minimum absolute atomic E-state index is 0.182. The zero-order valence-corrected chi connectivity index (χ0v) is 12.3. The first-order valence-electron chi connectivity index (χ1n) is 6.10. The third kappa shape index (κ3) is 2.63. The number of thiophene rings is 1. The third-order valence-electron chi connectivity index (χ3n) is 2.75. The number of aryl methyl sites for hydroxylation is 1. The number of nitrogens with one attached hydrogen (secondary N) is 2. The van der Waals surface area contributed by atoms with Crippen molar-refractivity contribution in [1.29, 1.82) is 0 Å². The Morgan fingerprint density at radius 1 is 1.50 bits per heavy atom. The first kappa shape index (κ1) is 13.0. The van der Waals surface area contributed by atoms with Crippen LogP contribution >= 0.6 is 22.7 Å². The van der Waals surface area contributed by atoms with Crippen LogP contribution in [0.1, 0.15) is 22.3 Å². The molecule has 5 nitrogen and oxygen atoms in total. The van der Waals surface area contributed by atoms with Gasteiger partial charge in [-0.15, -0.1) is 11.3 Å². The number of thiazole rings is 1. The SMILES string of the molecule is CCc1cc(NC(=O)c2cnc(-c3ccsc3)s2)n[nH]1. The van der Waals surface area contributed by atoms with Gasteiger partial charge in [0, 0.05) is 22.7 Å². The largest absolute Gasteiger partial charge is 0.304 e. The maximum atomic E-state index is 12.1. The number of H-pyrrole nitrogens is 1. The van der Waals surface area contributed by atoms with Crippen LogP contribution in [0.25, 0.3) is 10.6 Å². The highest BCUT2D eigenvalue weighted by Gasteiger charge is 2.13. The number of amides is 1. The standard InChI is InChI=1S/C13H12N4OS2/c1-2-9-5-11(17-16-9)15-12(18)10-6-14-13(20-10)8-3-4-19-7-8/h3-7H,2H2,1H3,(H2,15,16,17,18). The van der Waals surface area contributed by atoms with Crippen molar-refractivity contribution in [3.63, 3.8) is 0 Å². The molecule has 0 saturated heterocycles. The van der Waals surface area contributed by atoms with Crippen LogP contribution < -0.4 is 5.32 Å². The van der Waals surface area contributed by atoms with Gasteiger partial charge in [-0.2, -0.15) is 16.4 Å². The van der Waals surface area contributed by atoms with Gasteiger partial charge in [0.25, 0.3) is 5.91 Å². The fourth-order valence-corrected chi connectivity index (χ4v) is 3.21. The number of rotatable bonds is 4. The van der Waals surface area contributed by atoms with E-state index in [4.69, 9.17) is 0 Å². The third-order valence-corrected chi connectivity index (χ3v) is 4.48. The Labute approximate surface area is 123 Å². The molecule has 0 bridgehead atoms. The van der Waals surface area contributed by atoms with Gasteiger partial charge >= 0.3 is 0 Å². The van der Waals surface area contributed by atoms with Crippen LogP contribution in [0.4, 0.5) is 5.82 Å². The van der Waals surface area contributed by atoms with Crippen molar-refractivity contribution >= 4 is 34.4 Å². The highest BCUT2D eigenvalue weighted by Crippen LogP contribution is 2.27. The smallest absolute Gasteiger partial charge is 0.268 e. The second-order valence-electron chi connectivity index (χ2n) is 4.13. The molecule has 0 spiro atoms. The van der Waals surface area contributed by atoms with Gasteiger partial charge in [-0.05, 0) is 17.9 Å². The van der Waals surface area contributed by atoms with Gasteiger partial charge < -0.3 is 5.32 Å². The normalized spacial score (nSPS) is 10.7. The maximum absolute atomic E-state index is 12.1. The van der Waals surface area contributed by atoms with E-state index < -0.39 is 0 Å². The van der Waals surface area contributed by atoms with Crippen LogP contribution in [-0.4, -0.2) is 21.1 Å². The summed E-state index contributed by atoms with van der Waals surface area (Å²) in [4.78, 5) is 17.0. The Balaban J connectivity index is 1.74. The van der Waals surface area contributed by atoms with Crippen LogP contribution in [0.5, 0.6) is 0 Å². The van der Waals surface area contributed by atoms with Crippen molar-refractivity contribution in [2.75, 3.05) is 5.32 Å². The molecule has 102 valence electrons. The predicted molar refractivity (Wildman–Crippen MR) is 81.3 cm³/mol. The average molecular weight is 304 g/mol. The summed E-state index contributed by atoms with van der Waals surface area (Å²) in [6.45, 7) is 2.02. The second kappa shape index (κ2) is 5.56. The average Bonchev–Trinajstić information content (AvgIpc) is 3.19. The minimum atomic E-state index is -0.182. The number of carbonyl (C=O) groups excluding carboxylic acids is 1. The van der Waals surface area contributed by atoms with E-state index in [9.17, 15) is 4.79 Å². The number of aromatic amines is 1. The second-order valence-corrected chi connectivity index (χ2v) is 5.94. The number of hydrogen-bond donors (Lipinski definition) is 2. The molecule has 3 rings (SSSR count). The Bertz CT molecular complexity index is 714. The highest BCUT2D eigenvalue weighted by molar-refractivity contribution is 7.17. The monoisotopic (exact) mass is 304 g/mol. The van der Waals surface area contributed by atoms with E-state index in [0.29, 0.717) is 10.7 Å². The maximum Gasteiger partial charge on any atom is 0.268 e. The van der Waals surface area contributed by atoms with Crippen molar-refractivity contribution in [1.82, 2.24) is 15.2 Å². The summed E-state index contributed by atoms with van der Waals surface area (Å²) in [5.41, 5.74) is 2.04. The molecule has 0 radical (unpaired) electrons. The Kier molecular flexibility index (Phi) is 3.62. The Morgan fingerprint density at radius 2 is 2.40 bits per heavy atom. The number of hydrogen-bond acceptors (Lipinski definition) is 5. The molecule has 0 unspecified atom stereocenters. The van der Waals surface area contributed by atoms with E-state index in [1.807, 2.05) is 29.8 Å². The summed E-state index contributed by atoms with van der Waals surface area (Å²) < 4.78 is 0. The van der Waals surface area contributed by atoms with Crippen molar-refractivity contribution in [2.45, 2.75) is 13.3 Å². The van der Waals surface area contributed by atoms with Crippen molar-refractivity contribution in [2.24, 2.45) is 0 Å². The van der Waals surface area contributed by atoms with Crippen LogP contribution in [0.2, 0.25) is 0 Å². The molecule has 7 heteroatoms. The molecular formula is C13H12N4OS2. The molecule has 3 heterocycles. The van der Waals surface area contributed by atoms with Gasteiger partial charge in [0.05, 0.1) is 6.20 Å². The van der Waals surface area contributed by atoms with E-state index >= 15 is 0 Å². The quantitative estimate of drug-likeness (QED) is 0.776. The number of carbonyl (C=O) groups is 1. The molecule has 20 heavy (non-hydrogen) atoms. The lowest BCUT2D eigenvalue weighted by molar-refractivity contribution is 0.103. The molecule has 0 atom stereocenters. The highest BCUT2D eigenvalue weighted by atomic mass is 32.1. The fraction of sp³-hybridized carbons (Fsp3) is 0.154. The fourth-order valence-electron chi connectivity index (χ4n) is 1.68. The lowest BCUT2D eigenvalue weighted by Crippen LogP contribution is -2.10. The van der Waals surface area contributed by atoms with Crippen molar-refractivity contribution in [3.05, 3.63) is 39.7 Å².